The van der Waals surface area contributed by atoms with Crippen molar-refractivity contribution in [1.29, 1.82) is 0 Å². The van der Waals surface area contributed by atoms with Gasteiger partial charge in [-0.05, 0) is 56.7 Å². The van der Waals surface area contributed by atoms with Gasteiger partial charge in [-0.3, -0.25) is 0 Å². The number of hydrogen-bond acceptors (Lipinski definition) is 5. The molecule has 2 atom stereocenters. The highest BCUT2D eigenvalue weighted by molar-refractivity contribution is 6.30. The number of phenolic OH excluding ortho intramolecular Hbond substituents is 1. The fraction of sp³-hybridized carbons (Fsp3) is 0.619. The average Bonchev–Trinajstić information content (AvgIpc) is 3.37. The van der Waals surface area contributed by atoms with Crippen LogP contribution in [0.1, 0.15) is 63.4 Å². The molecular weight excluding hydrogens is 378 g/mol. The van der Waals surface area contributed by atoms with E-state index in [0.717, 1.165) is 38.1 Å². The van der Waals surface area contributed by atoms with Gasteiger partial charge in [-0.15, -0.1) is 0 Å². The van der Waals surface area contributed by atoms with E-state index in [4.69, 9.17) is 31.2 Å². The van der Waals surface area contributed by atoms with Crippen LogP contribution in [0.5, 0.6) is 5.75 Å². The van der Waals surface area contributed by atoms with Gasteiger partial charge in [0.2, 0.25) is 0 Å². The van der Waals surface area contributed by atoms with Gasteiger partial charge in [0.25, 0.3) is 0 Å². The van der Waals surface area contributed by atoms with Gasteiger partial charge < -0.3 is 14.6 Å². The third-order valence-electron chi connectivity index (χ3n) is 5.77. The number of nitrogens with zero attached hydrogens (tertiary/aromatic N) is 3. The lowest BCUT2D eigenvalue weighted by molar-refractivity contribution is 0.00300. The molecule has 4 rings (SSSR count). The summed E-state index contributed by atoms with van der Waals surface area (Å²) in [5, 5.41) is 15.7. The molecule has 1 aliphatic heterocycles. The Balaban J connectivity index is 1.76. The zero-order chi connectivity index (χ0) is 19.5. The highest BCUT2D eigenvalue weighted by Gasteiger charge is 2.34. The molecule has 1 aliphatic carbocycles. The molecule has 1 aromatic heterocycles. The molecule has 1 saturated carbocycles. The van der Waals surface area contributed by atoms with Crippen molar-refractivity contribution >= 4 is 11.6 Å². The molecule has 0 spiro atoms. The van der Waals surface area contributed by atoms with Gasteiger partial charge in [0, 0.05) is 18.2 Å². The van der Waals surface area contributed by atoms with Crippen LogP contribution in [0.15, 0.2) is 18.2 Å². The fourth-order valence-electron chi connectivity index (χ4n) is 4.38. The third-order valence-corrected chi connectivity index (χ3v) is 6.00. The highest BCUT2D eigenvalue weighted by Crippen LogP contribution is 2.40. The molecule has 7 heteroatoms. The Bertz CT molecular complexity index is 798. The maximum Gasteiger partial charge on any atom is 0.185 e. The van der Waals surface area contributed by atoms with E-state index in [0.29, 0.717) is 35.5 Å². The Morgan fingerprint density at radius 2 is 2.11 bits per heavy atom. The third kappa shape index (κ3) is 4.04. The number of ether oxygens (including phenoxy) is 2. The average molecular weight is 406 g/mol. The summed E-state index contributed by atoms with van der Waals surface area (Å²) in [7, 11) is 0. The van der Waals surface area contributed by atoms with Crippen LogP contribution in [0, 0.1) is 5.92 Å². The number of phenols is 1. The fourth-order valence-corrected chi connectivity index (χ4v) is 4.55. The van der Waals surface area contributed by atoms with E-state index in [1.165, 1.54) is 18.9 Å². The van der Waals surface area contributed by atoms with Crippen LogP contribution in [0.3, 0.4) is 0 Å². The lowest BCUT2D eigenvalue weighted by atomic mass is 9.99. The molecule has 2 aromatic rings. The first-order valence-electron chi connectivity index (χ1n) is 10.3. The second kappa shape index (κ2) is 8.80. The Kier molecular flexibility index (Phi) is 6.19. The van der Waals surface area contributed by atoms with Crippen molar-refractivity contribution in [2.45, 2.75) is 57.6 Å². The largest absolute Gasteiger partial charge is 0.507 e. The highest BCUT2D eigenvalue weighted by atomic mass is 35.5. The summed E-state index contributed by atoms with van der Waals surface area (Å²) in [6.45, 7) is 4.09. The van der Waals surface area contributed by atoms with E-state index in [-0.39, 0.29) is 17.9 Å². The molecule has 2 heterocycles. The molecule has 2 fully saturated rings. The minimum absolute atomic E-state index is 0.0786. The Morgan fingerprint density at radius 3 is 2.79 bits per heavy atom. The summed E-state index contributed by atoms with van der Waals surface area (Å²) in [4.78, 5) is 4.88. The van der Waals surface area contributed by atoms with Crippen molar-refractivity contribution in [1.82, 2.24) is 14.8 Å². The number of benzene rings is 1. The van der Waals surface area contributed by atoms with Crippen molar-refractivity contribution in [3.05, 3.63) is 29.0 Å². The van der Waals surface area contributed by atoms with Gasteiger partial charge in [-0.2, -0.15) is 5.10 Å². The van der Waals surface area contributed by atoms with Crippen molar-refractivity contribution < 1.29 is 14.6 Å². The van der Waals surface area contributed by atoms with Gasteiger partial charge >= 0.3 is 0 Å². The molecule has 0 amide bonds. The van der Waals surface area contributed by atoms with Crippen LogP contribution in [0.25, 0.3) is 11.4 Å². The SMILES string of the molecule is CCOC(c1nc(-c2ccc(Cl)cc2O)nn1C1CCCOC1)C1CCCC1. The summed E-state index contributed by atoms with van der Waals surface area (Å²) >= 11 is 6.00. The molecule has 0 radical (unpaired) electrons. The maximum absolute atomic E-state index is 10.4. The molecule has 1 N–H and O–H groups in total. The first-order chi connectivity index (χ1) is 13.7. The van der Waals surface area contributed by atoms with Crippen molar-refractivity contribution in [3.63, 3.8) is 0 Å². The van der Waals surface area contributed by atoms with Crippen LogP contribution in [-0.2, 0) is 9.47 Å². The molecule has 1 aromatic carbocycles. The van der Waals surface area contributed by atoms with E-state index in [9.17, 15) is 5.11 Å². The van der Waals surface area contributed by atoms with Crippen molar-refractivity contribution in [3.8, 4) is 17.1 Å². The van der Waals surface area contributed by atoms with Gasteiger partial charge in [0.05, 0.1) is 18.2 Å². The molecular formula is C21H28ClN3O3. The van der Waals surface area contributed by atoms with E-state index in [1.807, 2.05) is 11.6 Å². The second-order valence-corrected chi connectivity index (χ2v) is 8.13. The molecule has 28 heavy (non-hydrogen) atoms. The van der Waals surface area contributed by atoms with E-state index < -0.39 is 0 Å². The standard InChI is InChI=1S/C21H28ClN3O3/c1-2-28-19(14-6-3-4-7-14)21-23-20(17-10-9-15(22)12-18(17)26)24-25(21)16-8-5-11-27-13-16/h9-10,12,14,16,19,26H,2-8,11,13H2,1H3. The monoisotopic (exact) mass is 405 g/mol. The first kappa shape index (κ1) is 19.7. The Morgan fingerprint density at radius 1 is 1.29 bits per heavy atom. The van der Waals surface area contributed by atoms with Gasteiger partial charge in [-0.1, -0.05) is 24.4 Å². The molecule has 2 unspecified atom stereocenters. The molecule has 1 saturated heterocycles. The second-order valence-electron chi connectivity index (χ2n) is 7.69. The van der Waals surface area contributed by atoms with Gasteiger partial charge in [0.15, 0.2) is 11.6 Å². The van der Waals surface area contributed by atoms with E-state index in [1.54, 1.807) is 12.1 Å². The number of rotatable bonds is 6. The molecule has 2 aliphatic rings. The minimum Gasteiger partial charge on any atom is -0.507 e. The maximum atomic E-state index is 10.4. The van der Waals surface area contributed by atoms with E-state index in [2.05, 4.69) is 0 Å². The quantitative estimate of drug-likeness (QED) is 0.738. The van der Waals surface area contributed by atoms with Gasteiger partial charge in [0.1, 0.15) is 11.9 Å². The summed E-state index contributed by atoms with van der Waals surface area (Å²) in [5.74, 6) is 1.91. The van der Waals surface area contributed by atoms with Crippen LogP contribution in [-0.4, -0.2) is 39.7 Å². The summed E-state index contributed by atoms with van der Waals surface area (Å²) in [6, 6.07) is 5.18. The molecule has 6 nitrogen and oxygen atoms in total. The van der Waals surface area contributed by atoms with Crippen LogP contribution in [0.2, 0.25) is 5.02 Å². The number of aromatic nitrogens is 3. The Labute approximate surface area is 170 Å². The topological polar surface area (TPSA) is 69.4 Å². The van der Waals surface area contributed by atoms with Crippen molar-refractivity contribution in [2.75, 3.05) is 19.8 Å². The predicted octanol–water partition coefficient (Wildman–Crippen LogP) is 4.92. The number of halogens is 1. The summed E-state index contributed by atoms with van der Waals surface area (Å²) in [5.41, 5.74) is 0.586. The minimum atomic E-state index is -0.0786. The number of hydrogen-bond donors (Lipinski definition) is 1. The van der Waals surface area contributed by atoms with Gasteiger partial charge in [-0.25, -0.2) is 9.67 Å². The van der Waals surface area contributed by atoms with Crippen LogP contribution >= 0.6 is 11.6 Å². The van der Waals surface area contributed by atoms with Crippen molar-refractivity contribution in [2.24, 2.45) is 5.92 Å². The zero-order valence-electron chi connectivity index (χ0n) is 16.3. The summed E-state index contributed by atoms with van der Waals surface area (Å²) in [6.07, 6.45) is 6.71. The first-order valence-corrected chi connectivity index (χ1v) is 10.7. The normalized spacial score (nSPS) is 21.9. The lowest BCUT2D eigenvalue weighted by Crippen LogP contribution is -2.27. The zero-order valence-corrected chi connectivity index (χ0v) is 17.1. The predicted molar refractivity (Wildman–Crippen MR) is 108 cm³/mol. The summed E-state index contributed by atoms with van der Waals surface area (Å²) < 4.78 is 13.9. The number of aromatic hydroxyl groups is 1. The van der Waals surface area contributed by atoms with E-state index >= 15 is 0 Å². The lowest BCUT2D eigenvalue weighted by Gasteiger charge is -2.28. The smallest absolute Gasteiger partial charge is 0.185 e. The Hall–Kier alpha value is -1.63. The molecule has 152 valence electrons. The van der Waals surface area contributed by atoms with Crippen LogP contribution < -0.4 is 0 Å². The molecule has 0 bridgehead atoms. The van der Waals surface area contributed by atoms with Crippen LogP contribution in [0.4, 0.5) is 0 Å².